The van der Waals surface area contributed by atoms with E-state index in [0.29, 0.717) is 23.4 Å². The van der Waals surface area contributed by atoms with Crippen molar-refractivity contribution in [3.63, 3.8) is 0 Å². The van der Waals surface area contributed by atoms with Gasteiger partial charge in [-0.05, 0) is 38.5 Å². The van der Waals surface area contributed by atoms with Crippen molar-refractivity contribution in [3.8, 4) is 0 Å². The summed E-state index contributed by atoms with van der Waals surface area (Å²) in [7, 11) is -3.36. The average molecular weight is 330 g/mol. The topological polar surface area (TPSA) is 59.5 Å². The number of aromatic nitrogens is 1. The first kappa shape index (κ1) is 15.4. The molecule has 0 bridgehead atoms. The number of hydrogen-bond acceptors (Lipinski definition) is 5. The predicted octanol–water partition coefficient (Wildman–Crippen LogP) is 2.43. The van der Waals surface area contributed by atoms with Crippen molar-refractivity contribution in [2.24, 2.45) is 0 Å². The first-order valence-corrected chi connectivity index (χ1v) is 9.95. The van der Waals surface area contributed by atoms with Gasteiger partial charge in [-0.25, -0.2) is 13.4 Å². The van der Waals surface area contributed by atoms with Crippen molar-refractivity contribution in [3.05, 3.63) is 11.2 Å². The largest absolute Gasteiger partial charge is 0.375 e. The molecule has 0 atom stereocenters. The average Bonchev–Trinajstić information content (AvgIpc) is 2.93. The fourth-order valence-electron chi connectivity index (χ4n) is 2.69. The van der Waals surface area contributed by atoms with Crippen LogP contribution in [0.3, 0.4) is 0 Å². The highest BCUT2D eigenvalue weighted by atomic mass is 32.2. The summed E-state index contributed by atoms with van der Waals surface area (Å²) in [6, 6.07) is 0. The lowest BCUT2D eigenvalue weighted by molar-refractivity contribution is -0.0674. The van der Waals surface area contributed by atoms with Gasteiger partial charge in [-0.1, -0.05) is 6.92 Å². The summed E-state index contributed by atoms with van der Waals surface area (Å²) in [6.07, 6.45) is 8.13. The van der Waals surface area contributed by atoms with E-state index in [9.17, 15) is 8.42 Å². The molecule has 1 aliphatic heterocycles. The van der Waals surface area contributed by atoms with E-state index in [1.165, 1.54) is 36.8 Å². The molecule has 7 heteroatoms. The Kier molecular flexibility index (Phi) is 4.63. The molecule has 0 radical (unpaired) electrons. The number of aryl methyl sites for hydroxylation is 1. The molecule has 118 valence electrons. The Morgan fingerprint density at radius 3 is 2.48 bits per heavy atom. The monoisotopic (exact) mass is 330 g/mol. The lowest BCUT2D eigenvalue weighted by Crippen LogP contribution is -2.42. The number of rotatable bonds is 5. The third-order valence-electron chi connectivity index (χ3n) is 4.27. The van der Waals surface area contributed by atoms with Crippen LogP contribution in [-0.2, 0) is 21.2 Å². The minimum atomic E-state index is -3.36. The van der Waals surface area contributed by atoms with Crippen LogP contribution in [-0.4, -0.2) is 43.0 Å². The molecule has 1 aliphatic carbocycles. The molecule has 1 aromatic rings. The van der Waals surface area contributed by atoms with Gasteiger partial charge in [0.1, 0.15) is 0 Å². The summed E-state index contributed by atoms with van der Waals surface area (Å²) in [5.74, 6) is 0. The summed E-state index contributed by atoms with van der Waals surface area (Å²) < 4.78 is 33.1. The highest BCUT2D eigenvalue weighted by molar-refractivity contribution is 7.91. The van der Waals surface area contributed by atoms with E-state index < -0.39 is 10.0 Å². The van der Waals surface area contributed by atoms with Gasteiger partial charge < -0.3 is 4.74 Å². The molecular weight excluding hydrogens is 308 g/mol. The fraction of sp³-hybridized carbons (Fsp3) is 0.786. The summed E-state index contributed by atoms with van der Waals surface area (Å²) in [5, 5.41) is 0.872. The molecule has 3 rings (SSSR count). The van der Waals surface area contributed by atoms with E-state index >= 15 is 0 Å². The second-order valence-corrected chi connectivity index (χ2v) is 9.00. The molecule has 5 nitrogen and oxygen atoms in total. The molecule has 1 aromatic heterocycles. The second-order valence-electron chi connectivity index (χ2n) is 5.72. The molecule has 2 heterocycles. The van der Waals surface area contributed by atoms with E-state index in [4.69, 9.17) is 4.74 Å². The molecular formula is C14H22N2O3S2. The highest BCUT2D eigenvalue weighted by Crippen LogP contribution is 2.29. The maximum absolute atomic E-state index is 12.6. The van der Waals surface area contributed by atoms with Gasteiger partial charge in [-0.3, -0.25) is 0 Å². The Bertz CT molecular complexity index is 573. The molecule has 2 aliphatic rings. The first-order chi connectivity index (χ1) is 10.1. The van der Waals surface area contributed by atoms with Gasteiger partial charge >= 0.3 is 0 Å². The first-order valence-electron chi connectivity index (χ1n) is 7.70. The van der Waals surface area contributed by atoms with Crippen molar-refractivity contribution in [1.82, 2.24) is 9.29 Å². The van der Waals surface area contributed by atoms with Crippen molar-refractivity contribution < 1.29 is 13.2 Å². The lowest BCUT2D eigenvalue weighted by Gasteiger charge is -2.35. The molecule has 0 unspecified atom stereocenters. The quantitative estimate of drug-likeness (QED) is 0.832. The third kappa shape index (κ3) is 3.31. The summed E-state index contributed by atoms with van der Waals surface area (Å²) in [5.41, 5.74) is 0. The maximum atomic E-state index is 12.6. The molecule has 1 saturated heterocycles. The van der Waals surface area contributed by atoms with Crippen LogP contribution in [0.5, 0.6) is 0 Å². The van der Waals surface area contributed by atoms with Gasteiger partial charge in [-0.15, -0.1) is 11.3 Å². The SMILES string of the molecule is CCc1ncc(S(=O)(=O)N2CCC(OC3CCC3)CC2)s1. The maximum Gasteiger partial charge on any atom is 0.254 e. The number of ether oxygens (including phenoxy) is 1. The number of piperidine rings is 1. The Morgan fingerprint density at radius 2 is 1.95 bits per heavy atom. The van der Waals surface area contributed by atoms with Crippen LogP contribution in [0.2, 0.25) is 0 Å². The van der Waals surface area contributed by atoms with Gasteiger partial charge in [0.25, 0.3) is 10.0 Å². The molecule has 1 saturated carbocycles. The van der Waals surface area contributed by atoms with E-state index in [1.807, 2.05) is 6.92 Å². The van der Waals surface area contributed by atoms with Gasteiger partial charge in [-0.2, -0.15) is 4.31 Å². The third-order valence-corrected chi connectivity index (χ3v) is 7.74. The summed E-state index contributed by atoms with van der Waals surface area (Å²) in [6.45, 7) is 3.09. The van der Waals surface area contributed by atoms with E-state index in [-0.39, 0.29) is 6.10 Å². The van der Waals surface area contributed by atoms with Crippen molar-refractivity contribution in [2.75, 3.05) is 13.1 Å². The second kappa shape index (κ2) is 6.32. The zero-order chi connectivity index (χ0) is 14.9. The van der Waals surface area contributed by atoms with Crippen LogP contribution in [0, 0.1) is 0 Å². The molecule has 0 spiro atoms. The molecule has 0 amide bonds. The van der Waals surface area contributed by atoms with Gasteiger partial charge in [0.05, 0.1) is 23.4 Å². The van der Waals surface area contributed by atoms with Gasteiger partial charge in [0, 0.05) is 13.1 Å². The Hall–Kier alpha value is -0.500. The number of hydrogen-bond donors (Lipinski definition) is 0. The Morgan fingerprint density at radius 1 is 1.29 bits per heavy atom. The van der Waals surface area contributed by atoms with E-state index in [0.717, 1.165) is 24.3 Å². The minimum Gasteiger partial charge on any atom is -0.375 e. The fourth-order valence-corrected chi connectivity index (χ4v) is 5.44. The Balaban J connectivity index is 1.59. The van der Waals surface area contributed by atoms with Gasteiger partial charge in [0.15, 0.2) is 4.21 Å². The molecule has 21 heavy (non-hydrogen) atoms. The van der Waals surface area contributed by atoms with E-state index in [1.54, 1.807) is 4.31 Å². The van der Waals surface area contributed by atoms with Crippen molar-refractivity contribution in [2.45, 2.75) is 61.9 Å². The number of thiazole rings is 1. The Labute approximate surface area is 130 Å². The smallest absolute Gasteiger partial charge is 0.254 e. The summed E-state index contributed by atoms with van der Waals surface area (Å²) in [4.78, 5) is 4.16. The minimum absolute atomic E-state index is 0.231. The molecule has 0 N–H and O–H groups in total. The van der Waals surface area contributed by atoms with E-state index in [2.05, 4.69) is 4.98 Å². The standard InChI is InChI=1S/C14H22N2O3S2/c1-2-13-15-10-14(20-13)21(17,18)16-8-6-12(7-9-16)19-11-4-3-5-11/h10-12H,2-9H2,1H3. The zero-order valence-electron chi connectivity index (χ0n) is 12.3. The van der Waals surface area contributed by atoms with Crippen LogP contribution in [0.25, 0.3) is 0 Å². The van der Waals surface area contributed by atoms with Crippen LogP contribution in [0.4, 0.5) is 0 Å². The van der Waals surface area contributed by atoms with Crippen LogP contribution in [0.1, 0.15) is 44.0 Å². The summed E-state index contributed by atoms with van der Waals surface area (Å²) >= 11 is 1.29. The predicted molar refractivity (Wildman–Crippen MR) is 82.0 cm³/mol. The lowest BCUT2D eigenvalue weighted by atomic mass is 9.95. The van der Waals surface area contributed by atoms with Crippen molar-refractivity contribution >= 4 is 21.4 Å². The normalized spacial score (nSPS) is 22.3. The zero-order valence-corrected chi connectivity index (χ0v) is 14.0. The number of nitrogens with zero attached hydrogens (tertiary/aromatic N) is 2. The van der Waals surface area contributed by atoms with Crippen LogP contribution in [0.15, 0.2) is 10.4 Å². The highest BCUT2D eigenvalue weighted by Gasteiger charge is 2.32. The van der Waals surface area contributed by atoms with Crippen LogP contribution < -0.4 is 0 Å². The van der Waals surface area contributed by atoms with Gasteiger partial charge in [0.2, 0.25) is 0 Å². The number of sulfonamides is 1. The molecule has 2 fully saturated rings. The van der Waals surface area contributed by atoms with Crippen molar-refractivity contribution in [1.29, 1.82) is 0 Å². The molecule has 0 aromatic carbocycles. The van der Waals surface area contributed by atoms with Crippen LogP contribution >= 0.6 is 11.3 Å².